The van der Waals surface area contributed by atoms with E-state index in [0.29, 0.717) is 5.82 Å². The average molecular weight is 315 g/mol. The molecule has 0 atom stereocenters. The lowest BCUT2D eigenvalue weighted by molar-refractivity contribution is 0.415. The monoisotopic (exact) mass is 315 g/mol. The lowest BCUT2D eigenvalue weighted by Gasteiger charge is -2.04. The molecule has 4 aromatic rings. The lowest BCUT2D eigenvalue weighted by atomic mass is 10.1. The molecule has 4 heteroatoms. The molecule has 2 heterocycles. The van der Waals surface area contributed by atoms with Gasteiger partial charge in [0.2, 0.25) is 0 Å². The first-order valence-corrected chi connectivity index (χ1v) is 7.74. The van der Waals surface area contributed by atoms with Crippen LogP contribution in [0.25, 0.3) is 28.0 Å². The van der Waals surface area contributed by atoms with Crippen LogP contribution in [0.5, 0.6) is 5.75 Å². The number of hydrogen-bond acceptors (Lipinski definition) is 3. The van der Waals surface area contributed by atoms with E-state index in [9.17, 15) is 0 Å². The molecule has 0 unspecified atom stereocenters. The highest BCUT2D eigenvalue weighted by molar-refractivity contribution is 5.76. The molecule has 0 saturated heterocycles. The zero-order valence-corrected chi connectivity index (χ0v) is 13.3. The van der Waals surface area contributed by atoms with E-state index in [2.05, 4.69) is 23.2 Å². The van der Waals surface area contributed by atoms with Gasteiger partial charge in [-0.15, -0.1) is 0 Å². The highest BCUT2D eigenvalue weighted by Crippen LogP contribution is 2.29. The molecule has 4 rings (SSSR count). The van der Waals surface area contributed by atoms with Crippen LogP contribution in [0.2, 0.25) is 0 Å². The summed E-state index contributed by atoms with van der Waals surface area (Å²) in [6, 6.07) is 22.0. The number of nitrogen functional groups attached to an aromatic ring is 1. The van der Waals surface area contributed by atoms with Crippen molar-refractivity contribution in [3.63, 3.8) is 0 Å². The molecule has 2 aromatic heterocycles. The van der Waals surface area contributed by atoms with Gasteiger partial charge >= 0.3 is 0 Å². The summed E-state index contributed by atoms with van der Waals surface area (Å²) in [5, 5.41) is 0. The van der Waals surface area contributed by atoms with Gasteiger partial charge in [0.15, 0.2) is 0 Å². The maximum atomic E-state index is 6.36. The summed E-state index contributed by atoms with van der Waals surface area (Å²) in [5.41, 5.74) is 11.2. The molecule has 0 bridgehead atoms. The van der Waals surface area contributed by atoms with Crippen LogP contribution >= 0.6 is 0 Å². The van der Waals surface area contributed by atoms with E-state index in [1.54, 1.807) is 7.11 Å². The Morgan fingerprint density at radius 1 is 0.833 bits per heavy atom. The first kappa shape index (κ1) is 14.3. The summed E-state index contributed by atoms with van der Waals surface area (Å²) in [6.07, 6.45) is 2.03. The summed E-state index contributed by atoms with van der Waals surface area (Å²) in [6.45, 7) is 0. The molecular formula is C20H17N3O. The van der Waals surface area contributed by atoms with Crippen molar-refractivity contribution in [3.8, 4) is 28.1 Å². The minimum absolute atomic E-state index is 0.632. The summed E-state index contributed by atoms with van der Waals surface area (Å²) >= 11 is 0. The molecule has 2 N–H and O–H groups in total. The Morgan fingerprint density at radius 2 is 1.54 bits per heavy atom. The number of fused-ring (bicyclic) bond motifs is 1. The number of ether oxygens (including phenoxy) is 1. The largest absolute Gasteiger partial charge is 0.497 e. The summed E-state index contributed by atoms with van der Waals surface area (Å²) in [7, 11) is 1.65. The molecule has 0 fully saturated rings. The summed E-state index contributed by atoms with van der Waals surface area (Å²) < 4.78 is 7.13. The van der Waals surface area contributed by atoms with Crippen molar-refractivity contribution in [1.82, 2.24) is 9.38 Å². The molecule has 0 saturated carbocycles. The van der Waals surface area contributed by atoms with E-state index >= 15 is 0 Å². The molecule has 0 amide bonds. The first-order valence-electron chi connectivity index (χ1n) is 7.74. The third-order valence-corrected chi connectivity index (χ3v) is 4.13. The molecule has 0 aliphatic heterocycles. The smallest absolute Gasteiger partial charge is 0.139 e. The Bertz CT molecular complexity index is 989. The number of hydrogen-bond donors (Lipinski definition) is 1. The van der Waals surface area contributed by atoms with Crippen LogP contribution in [0.3, 0.4) is 0 Å². The van der Waals surface area contributed by atoms with Crippen molar-refractivity contribution >= 4 is 11.5 Å². The minimum atomic E-state index is 0.632. The van der Waals surface area contributed by atoms with Gasteiger partial charge in [-0.25, -0.2) is 4.98 Å². The van der Waals surface area contributed by atoms with Gasteiger partial charge < -0.3 is 10.5 Å². The van der Waals surface area contributed by atoms with Crippen LogP contribution in [0.1, 0.15) is 0 Å². The lowest BCUT2D eigenvalue weighted by Crippen LogP contribution is -1.94. The number of imidazole rings is 1. The fraction of sp³-hybridized carbons (Fsp3) is 0.0500. The third kappa shape index (κ3) is 2.38. The van der Waals surface area contributed by atoms with Crippen molar-refractivity contribution in [2.75, 3.05) is 12.8 Å². The zero-order valence-electron chi connectivity index (χ0n) is 13.3. The highest BCUT2D eigenvalue weighted by Gasteiger charge is 2.12. The van der Waals surface area contributed by atoms with Gasteiger partial charge in [-0.1, -0.05) is 30.3 Å². The maximum absolute atomic E-state index is 6.36. The van der Waals surface area contributed by atoms with Gasteiger partial charge in [-0.3, -0.25) is 4.40 Å². The van der Waals surface area contributed by atoms with Crippen LogP contribution in [0.15, 0.2) is 72.9 Å². The first-order chi connectivity index (χ1) is 11.8. The molecule has 4 nitrogen and oxygen atoms in total. The molecular weight excluding hydrogens is 298 g/mol. The fourth-order valence-electron chi connectivity index (χ4n) is 2.83. The topological polar surface area (TPSA) is 52.5 Å². The van der Waals surface area contributed by atoms with Crippen LogP contribution in [-0.4, -0.2) is 16.5 Å². The normalized spacial score (nSPS) is 10.9. The molecule has 0 aliphatic rings. The second-order valence-corrected chi connectivity index (χ2v) is 5.59. The number of nitrogens with zero attached hydrogens (tertiary/aromatic N) is 2. The second-order valence-electron chi connectivity index (χ2n) is 5.59. The number of aromatic nitrogens is 2. The zero-order chi connectivity index (χ0) is 16.5. The van der Waals surface area contributed by atoms with Crippen LogP contribution < -0.4 is 10.5 Å². The number of methoxy groups -OCH3 is 1. The van der Waals surface area contributed by atoms with Crippen LogP contribution in [0, 0.1) is 0 Å². The van der Waals surface area contributed by atoms with E-state index < -0.39 is 0 Å². The fourth-order valence-corrected chi connectivity index (χ4v) is 2.83. The average Bonchev–Trinajstić information content (AvgIpc) is 2.99. The van der Waals surface area contributed by atoms with Crippen LogP contribution in [-0.2, 0) is 0 Å². The molecule has 2 aromatic carbocycles. The highest BCUT2D eigenvalue weighted by atomic mass is 16.5. The Balaban J connectivity index is 1.82. The van der Waals surface area contributed by atoms with Crippen molar-refractivity contribution in [1.29, 1.82) is 0 Å². The van der Waals surface area contributed by atoms with Crippen molar-refractivity contribution in [2.45, 2.75) is 0 Å². The van der Waals surface area contributed by atoms with Gasteiger partial charge in [-0.2, -0.15) is 0 Å². The Kier molecular flexibility index (Phi) is 3.43. The van der Waals surface area contributed by atoms with Crippen LogP contribution in [0.4, 0.5) is 5.82 Å². The van der Waals surface area contributed by atoms with E-state index in [1.165, 1.54) is 0 Å². The van der Waals surface area contributed by atoms with Gasteiger partial charge in [0, 0.05) is 11.8 Å². The van der Waals surface area contributed by atoms with Gasteiger partial charge in [0.1, 0.15) is 22.9 Å². The third-order valence-electron chi connectivity index (χ3n) is 4.13. The van der Waals surface area contributed by atoms with E-state index in [1.807, 2.05) is 59.1 Å². The summed E-state index contributed by atoms with van der Waals surface area (Å²) in [4.78, 5) is 4.67. The minimum Gasteiger partial charge on any atom is -0.497 e. The Hall–Kier alpha value is -3.27. The van der Waals surface area contributed by atoms with Gasteiger partial charge in [0.05, 0.1) is 7.11 Å². The van der Waals surface area contributed by atoms with E-state index in [0.717, 1.165) is 33.8 Å². The standard InChI is InChI=1S/C20H17N3O/c1-24-17-10-7-15(8-11-17)19-20(21)23-13-16(9-12-18(23)22-19)14-5-3-2-4-6-14/h2-13H,21H2,1H3. The Morgan fingerprint density at radius 3 is 2.25 bits per heavy atom. The van der Waals surface area contributed by atoms with Gasteiger partial charge in [0.25, 0.3) is 0 Å². The number of rotatable bonds is 3. The van der Waals surface area contributed by atoms with Gasteiger partial charge in [-0.05, 0) is 47.5 Å². The molecule has 0 aliphatic carbocycles. The Labute approximate surface area is 140 Å². The van der Waals surface area contributed by atoms with Crippen molar-refractivity contribution < 1.29 is 4.74 Å². The van der Waals surface area contributed by atoms with E-state index in [-0.39, 0.29) is 0 Å². The predicted molar refractivity (Wildman–Crippen MR) is 97.0 cm³/mol. The van der Waals surface area contributed by atoms with Crippen molar-refractivity contribution in [3.05, 3.63) is 72.9 Å². The summed E-state index contributed by atoms with van der Waals surface area (Å²) in [5.74, 6) is 1.44. The maximum Gasteiger partial charge on any atom is 0.139 e. The number of benzene rings is 2. The predicted octanol–water partition coefficient (Wildman–Crippen LogP) is 4.26. The second kappa shape index (κ2) is 5.74. The molecule has 0 spiro atoms. The quantitative estimate of drug-likeness (QED) is 0.614. The molecule has 0 radical (unpaired) electrons. The SMILES string of the molecule is COc1ccc(-c2nc3ccc(-c4ccccc4)cn3c2N)cc1. The molecule has 118 valence electrons. The number of anilines is 1. The molecule has 24 heavy (non-hydrogen) atoms. The van der Waals surface area contributed by atoms with E-state index in [4.69, 9.17) is 10.5 Å². The number of pyridine rings is 1. The number of nitrogens with two attached hydrogens (primary N) is 1. The van der Waals surface area contributed by atoms with Crippen molar-refractivity contribution in [2.24, 2.45) is 0 Å².